The van der Waals surface area contributed by atoms with E-state index in [1.807, 2.05) is 0 Å². The number of carbonyl (C=O) groups is 2. The highest BCUT2D eigenvalue weighted by atomic mass is 32.2. The predicted octanol–water partition coefficient (Wildman–Crippen LogP) is 14.0. The Hall–Kier alpha value is -0.530. The zero-order valence-electron chi connectivity index (χ0n) is 31.9. The van der Waals surface area contributed by atoms with Crippen LogP contribution in [-0.4, -0.2) is 50.2 Å². The molecule has 7 heteroatoms. The Bertz CT molecular complexity index is 791. The second-order valence-corrected chi connectivity index (χ2v) is 18.5. The average molecular weight is 741 g/mol. The number of aliphatic carboxylic acids is 1. The highest BCUT2D eigenvalue weighted by Crippen LogP contribution is 2.54. The minimum Gasteiger partial charge on any atom is -0.481 e. The van der Waals surface area contributed by atoms with Crippen LogP contribution < -0.4 is 0 Å². The summed E-state index contributed by atoms with van der Waals surface area (Å²) in [6.07, 6.45) is 46.8. The Labute approximate surface area is 316 Å². The van der Waals surface area contributed by atoms with E-state index in [9.17, 15) is 9.59 Å². The van der Waals surface area contributed by atoms with Crippen molar-refractivity contribution in [3.8, 4) is 0 Å². The van der Waals surface area contributed by atoms with Crippen molar-refractivity contribution in [1.29, 1.82) is 0 Å². The maximum absolute atomic E-state index is 12.1. The second kappa shape index (κ2) is 34.6. The van der Waals surface area contributed by atoms with Gasteiger partial charge in [-0.05, 0) is 64.2 Å². The number of ether oxygens (including phenoxy) is 1. The van der Waals surface area contributed by atoms with E-state index in [0.717, 1.165) is 17.5 Å². The molecule has 286 valence electrons. The Kier molecular flexibility index (Phi) is 32.8. The Morgan fingerprint density at radius 3 is 1.47 bits per heavy atom. The molecule has 0 aliphatic carbocycles. The van der Waals surface area contributed by atoms with Gasteiger partial charge in [-0.1, -0.05) is 154 Å². The summed E-state index contributed by atoms with van der Waals surface area (Å²) in [7, 11) is 0. The van der Waals surface area contributed by atoms with E-state index in [4.69, 9.17) is 9.84 Å². The van der Waals surface area contributed by atoms with Crippen molar-refractivity contribution in [3.63, 3.8) is 0 Å². The summed E-state index contributed by atoms with van der Waals surface area (Å²) < 4.78 is 5.82. The first-order chi connectivity index (χ1) is 24.0. The first-order valence-corrected chi connectivity index (χ1v) is 23.6. The number of unbranched alkanes of at least 4 members (excludes halogenated alkanes) is 22. The summed E-state index contributed by atoms with van der Waals surface area (Å²) in [6.45, 7) is 5.01. The number of rotatable bonds is 36. The summed E-state index contributed by atoms with van der Waals surface area (Å²) in [6, 6.07) is 0. The average Bonchev–Trinajstić information content (AvgIpc) is 3.50. The maximum atomic E-state index is 12.1. The highest BCUT2D eigenvalue weighted by molar-refractivity contribution is 8.21. The lowest BCUT2D eigenvalue weighted by molar-refractivity contribution is -0.140. The van der Waals surface area contributed by atoms with Gasteiger partial charge in [0.15, 0.2) is 0 Å². The molecule has 0 aromatic rings. The van der Waals surface area contributed by atoms with Gasteiger partial charge in [0.25, 0.3) is 0 Å². The Balaban J connectivity index is 2.29. The van der Waals surface area contributed by atoms with E-state index in [0.29, 0.717) is 11.9 Å². The van der Waals surface area contributed by atoms with Gasteiger partial charge < -0.3 is 9.84 Å². The van der Waals surface area contributed by atoms with Crippen LogP contribution in [0.4, 0.5) is 0 Å². The quantitative estimate of drug-likeness (QED) is 0.0390. The molecular weight excluding hydrogens is 665 g/mol. The lowest BCUT2D eigenvalue weighted by atomic mass is 10.0. The van der Waals surface area contributed by atoms with Crippen LogP contribution in [0.5, 0.6) is 0 Å². The fraction of sp³-hybridized carbons (Fsp3) is 0.857. The molecule has 1 fully saturated rings. The summed E-state index contributed by atoms with van der Waals surface area (Å²) in [5.74, 6) is -0.0826. The van der Waals surface area contributed by atoms with E-state index < -0.39 is 5.97 Å². The van der Waals surface area contributed by atoms with Gasteiger partial charge in [0.1, 0.15) is 6.61 Å². The van der Waals surface area contributed by atoms with Crippen LogP contribution in [-0.2, 0) is 14.3 Å². The third-order valence-electron chi connectivity index (χ3n) is 9.43. The first kappa shape index (κ1) is 46.5. The van der Waals surface area contributed by atoms with E-state index >= 15 is 0 Å². The van der Waals surface area contributed by atoms with Gasteiger partial charge >= 0.3 is 11.9 Å². The van der Waals surface area contributed by atoms with Gasteiger partial charge in [-0.3, -0.25) is 9.59 Å². The molecule has 0 aromatic heterocycles. The van der Waals surface area contributed by atoms with Gasteiger partial charge in [-0.15, -0.1) is 35.3 Å². The molecule has 0 aromatic carbocycles. The molecule has 1 N–H and O–H groups in total. The molecule has 1 aliphatic heterocycles. The van der Waals surface area contributed by atoms with Crippen molar-refractivity contribution >= 4 is 47.2 Å². The van der Waals surface area contributed by atoms with Crippen molar-refractivity contribution in [3.05, 3.63) is 24.3 Å². The normalized spacial score (nSPS) is 15.9. The Morgan fingerprint density at radius 1 is 0.633 bits per heavy atom. The number of hydrogen-bond donors (Lipinski definition) is 1. The van der Waals surface area contributed by atoms with Crippen LogP contribution in [0.25, 0.3) is 0 Å². The molecule has 4 nitrogen and oxygen atoms in total. The van der Waals surface area contributed by atoms with Crippen molar-refractivity contribution in [2.75, 3.05) is 23.9 Å². The minimum atomic E-state index is -0.892. The number of carboxylic acid groups (broad SMARTS) is 1. The summed E-state index contributed by atoms with van der Waals surface area (Å²) in [5.41, 5.74) is 0. The molecule has 1 rings (SSSR count). The maximum Gasteiger partial charge on any atom is 0.315 e. The Morgan fingerprint density at radius 2 is 1.04 bits per heavy atom. The number of thioether (sulfide) groups is 3. The van der Waals surface area contributed by atoms with E-state index in [-0.39, 0.29) is 21.6 Å². The molecule has 0 spiro atoms. The zero-order valence-corrected chi connectivity index (χ0v) is 34.4. The van der Waals surface area contributed by atoms with E-state index in [1.165, 1.54) is 180 Å². The fourth-order valence-corrected chi connectivity index (χ4v) is 10.8. The molecule has 49 heavy (non-hydrogen) atoms. The summed E-state index contributed by atoms with van der Waals surface area (Å²) in [5, 5.41) is 9.15. The van der Waals surface area contributed by atoms with Crippen molar-refractivity contribution in [2.45, 2.75) is 203 Å². The van der Waals surface area contributed by atoms with Crippen LogP contribution >= 0.6 is 35.3 Å². The molecule has 1 aliphatic rings. The summed E-state index contributed by atoms with van der Waals surface area (Å²) in [4.78, 5) is 22.9. The third kappa shape index (κ3) is 29.7. The number of carboxylic acids is 1. The van der Waals surface area contributed by atoms with Gasteiger partial charge in [-0.2, -0.15) is 0 Å². The molecule has 0 amide bonds. The number of carbonyl (C=O) groups excluding carboxylic acids is 1. The van der Waals surface area contributed by atoms with Crippen molar-refractivity contribution in [2.24, 2.45) is 0 Å². The smallest absolute Gasteiger partial charge is 0.315 e. The summed E-state index contributed by atoms with van der Waals surface area (Å²) >= 11 is 5.30. The molecule has 1 saturated heterocycles. The van der Waals surface area contributed by atoms with Gasteiger partial charge in [-0.25, -0.2) is 0 Å². The van der Waals surface area contributed by atoms with Crippen LogP contribution in [0.15, 0.2) is 24.3 Å². The third-order valence-corrected chi connectivity index (χ3v) is 14.1. The van der Waals surface area contributed by atoms with Crippen LogP contribution in [0, 0.1) is 0 Å². The molecule has 1 atom stereocenters. The van der Waals surface area contributed by atoms with Gasteiger partial charge in [0.05, 0.1) is 15.6 Å². The van der Waals surface area contributed by atoms with E-state index in [1.54, 1.807) is 0 Å². The SMILES string of the molecule is CCCCCCCC/C=C\CCCCCCCC1(CCCCCCC/C=C\CCCCCCCC)SCC(COC(=O)CSCC(=O)O)S1. The standard InChI is InChI=1S/C42H76O4S3/c1-3-5-7-9-11-13-15-17-19-21-23-25-27-29-31-33-42(48-36-39(49-42)35-46-41(45)38-47-37-40(43)44)34-32-30-28-26-24-22-20-18-16-14-12-10-8-6-4-2/h17-20,39H,3-16,21-38H2,1-2H3,(H,43,44)/b19-17-,20-18-. The largest absolute Gasteiger partial charge is 0.481 e. The van der Waals surface area contributed by atoms with Crippen LogP contribution in [0.3, 0.4) is 0 Å². The minimum absolute atomic E-state index is 0.0574. The zero-order chi connectivity index (χ0) is 35.5. The molecule has 0 bridgehead atoms. The lowest BCUT2D eigenvalue weighted by Crippen LogP contribution is -2.21. The van der Waals surface area contributed by atoms with Crippen LogP contribution in [0.2, 0.25) is 0 Å². The number of esters is 1. The molecule has 1 heterocycles. The molecule has 0 radical (unpaired) electrons. The lowest BCUT2D eigenvalue weighted by Gasteiger charge is -2.28. The number of hydrogen-bond acceptors (Lipinski definition) is 6. The van der Waals surface area contributed by atoms with Crippen molar-refractivity contribution in [1.82, 2.24) is 0 Å². The van der Waals surface area contributed by atoms with Crippen LogP contribution in [0.1, 0.15) is 194 Å². The van der Waals surface area contributed by atoms with Gasteiger partial charge in [0.2, 0.25) is 0 Å². The monoisotopic (exact) mass is 740 g/mol. The van der Waals surface area contributed by atoms with Crippen molar-refractivity contribution < 1.29 is 19.4 Å². The first-order valence-electron chi connectivity index (χ1n) is 20.6. The number of allylic oxidation sites excluding steroid dienone is 4. The predicted molar refractivity (Wildman–Crippen MR) is 221 cm³/mol. The molecule has 0 saturated carbocycles. The van der Waals surface area contributed by atoms with Gasteiger partial charge in [0, 0.05) is 11.0 Å². The fourth-order valence-electron chi connectivity index (χ4n) is 6.47. The molecular formula is C42H76O4S3. The topological polar surface area (TPSA) is 63.6 Å². The molecule has 1 unspecified atom stereocenters. The van der Waals surface area contributed by atoms with E-state index in [2.05, 4.69) is 61.7 Å². The highest BCUT2D eigenvalue weighted by Gasteiger charge is 2.40. The second-order valence-electron chi connectivity index (χ2n) is 14.2.